The molecule has 1 atom stereocenters. The summed E-state index contributed by atoms with van der Waals surface area (Å²) in [5.41, 5.74) is 4.96. The van der Waals surface area contributed by atoms with Gasteiger partial charge in [0.15, 0.2) is 0 Å². The third-order valence-corrected chi connectivity index (χ3v) is 2.12. The van der Waals surface area contributed by atoms with Gasteiger partial charge in [-0.3, -0.25) is 9.59 Å². The second-order valence-electron chi connectivity index (χ2n) is 3.45. The number of carboxylic acid groups (broad SMARTS) is 1. The molecule has 0 saturated carbocycles. The van der Waals surface area contributed by atoms with Crippen LogP contribution in [0.25, 0.3) is 0 Å². The summed E-state index contributed by atoms with van der Waals surface area (Å²) in [5, 5.41) is 19.8. The van der Waals surface area contributed by atoms with Crippen molar-refractivity contribution in [2.75, 3.05) is 13.1 Å². The highest BCUT2D eigenvalue weighted by Crippen LogP contribution is 2.15. The molecule has 5 N–H and O–H groups in total. The highest BCUT2D eigenvalue weighted by atomic mass is 16.4. The highest BCUT2D eigenvalue weighted by molar-refractivity contribution is 5.78. The Morgan fingerprint density at radius 2 is 1.80 bits per heavy atom. The number of rotatable bonds is 2. The molecule has 1 heterocycles. The van der Waals surface area contributed by atoms with Crippen molar-refractivity contribution in [2.45, 2.75) is 25.9 Å². The molecule has 1 rings (SSSR count). The molecule has 88 valence electrons. The lowest BCUT2D eigenvalue weighted by molar-refractivity contribution is -0.134. The summed E-state index contributed by atoms with van der Waals surface area (Å²) in [6.45, 7) is 2.82. The summed E-state index contributed by atoms with van der Waals surface area (Å²) < 4.78 is 0. The van der Waals surface area contributed by atoms with Gasteiger partial charge < -0.3 is 21.3 Å². The fourth-order valence-corrected chi connectivity index (χ4v) is 1.39. The molecular formula is C9H18N2O4. The maximum Gasteiger partial charge on any atom is 0.300 e. The Labute approximate surface area is 88.5 Å². The number of aliphatic carboxylic acids is 1. The van der Waals surface area contributed by atoms with Crippen LogP contribution in [0.2, 0.25) is 0 Å². The Hall–Kier alpha value is -1.14. The topological polar surface area (TPSA) is 113 Å². The number of nitrogens with one attached hydrogen (secondary N) is 1. The number of carboxylic acids is 1. The van der Waals surface area contributed by atoms with E-state index in [-0.39, 0.29) is 5.92 Å². The van der Waals surface area contributed by atoms with Crippen LogP contribution in [0.5, 0.6) is 0 Å². The van der Waals surface area contributed by atoms with E-state index < -0.39 is 18.0 Å². The monoisotopic (exact) mass is 218 g/mol. The van der Waals surface area contributed by atoms with Crippen LogP contribution in [0.4, 0.5) is 0 Å². The minimum absolute atomic E-state index is 0.0637. The van der Waals surface area contributed by atoms with Crippen LogP contribution >= 0.6 is 0 Å². The van der Waals surface area contributed by atoms with E-state index in [4.69, 9.17) is 15.6 Å². The van der Waals surface area contributed by atoms with Crippen LogP contribution in [0.1, 0.15) is 19.8 Å². The first-order chi connectivity index (χ1) is 6.95. The Balaban J connectivity index is 0.000000423. The maximum absolute atomic E-state index is 10.6. The van der Waals surface area contributed by atoms with Crippen LogP contribution in [0, 0.1) is 5.92 Å². The largest absolute Gasteiger partial charge is 0.481 e. The van der Waals surface area contributed by atoms with Gasteiger partial charge in [-0.2, -0.15) is 0 Å². The van der Waals surface area contributed by atoms with Crippen LogP contribution < -0.4 is 11.1 Å². The maximum atomic E-state index is 10.6. The predicted octanol–water partition coefficient (Wildman–Crippen LogP) is -1.08. The number of aliphatic hydroxyl groups excluding tert-OH is 1. The van der Waals surface area contributed by atoms with E-state index >= 15 is 0 Å². The lowest BCUT2D eigenvalue weighted by Gasteiger charge is -2.24. The molecule has 1 aliphatic heterocycles. The van der Waals surface area contributed by atoms with Gasteiger partial charge in [0.1, 0.15) is 6.10 Å². The summed E-state index contributed by atoms with van der Waals surface area (Å²) in [4.78, 5) is 19.6. The minimum atomic E-state index is -0.947. The number of nitrogens with two attached hydrogens (primary N) is 1. The number of carbonyl (C=O) groups is 2. The van der Waals surface area contributed by atoms with E-state index in [9.17, 15) is 9.90 Å². The molecule has 6 heteroatoms. The van der Waals surface area contributed by atoms with Crippen LogP contribution in [-0.4, -0.2) is 41.3 Å². The Morgan fingerprint density at radius 1 is 1.40 bits per heavy atom. The van der Waals surface area contributed by atoms with E-state index in [0.29, 0.717) is 0 Å². The van der Waals surface area contributed by atoms with Gasteiger partial charge in [-0.1, -0.05) is 0 Å². The van der Waals surface area contributed by atoms with Crippen molar-refractivity contribution in [2.24, 2.45) is 11.7 Å². The van der Waals surface area contributed by atoms with E-state index in [1.165, 1.54) is 0 Å². The molecular weight excluding hydrogens is 200 g/mol. The van der Waals surface area contributed by atoms with Crippen LogP contribution in [-0.2, 0) is 9.59 Å². The van der Waals surface area contributed by atoms with Gasteiger partial charge in [0.05, 0.1) is 0 Å². The van der Waals surface area contributed by atoms with Crippen LogP contribution in [0.15, 0.2) is 0 Å². The zero-order valence-corrected chi connectivity index (χ0v) is 8.77. The fraction of sp³-hybridized carbons (Fsp3) is 0.778. The second kappa shape index (κ2) is 7.19. The number of amides is 1. The molecule has 1 unspecified atom stereocenters. The van der Waals surface area contributed by atoms with Gasteiger partial charge in [0.2, 0.25) is 5.91 Å². The first-order valence-corrected chi connectivity index (χ1v) is 4.82. The lowest BCUT2D eigenvalue weighted by atomic mass is 9.92. The third-order valence-electron chi connectivity index (χ3n) is 2.12. The van der Waals surface area contributed by atoms with Gasteiger partial charge in [-0.25, -0.2) is 0 Å². The SMILES string of the molecule is CC(=O)O.NC(=O)C(O)C1CCNCC1. The average molecular weight is 218 g/mol. The second-order valence-corrected chi connectivity index (χ2v) is 3.45. The van der Waals surface area contributed by atoms with Crippen molar-refractivity contribution >= 4 is 11.9 Å². The van der Waals surface area contributed by atoms with E-state index in [1.807, 2.05) is 0 Å². The van der Waals surface area contributed by atoms with Gasteiger partial charge in [-0.15, -0.1) is 0 Å². The number of carbonyl (C=O) groups excluding carboxylic acids is 1. The molecule has 15 heavy (non-hydrogen) atoms. The van der Waals surface area contributed by atoms with Gasteiger partial charge in [0.25, 0.3) is 5.97 Å². The molecule has 1 saturated heterocycles. The molecule has 1 amide bonds. The summed E-state index contributed by atoms with van der Waals surface area (Å²) in [7, 11) is 0. The standard InChI is InChI=1S/C7H14N2O2.C2H4O2/c8-7(11)6(10)5-1-3-9-4-2-5;1-2(3)4/h5-6,9-10H,1-4H2,(H2,8,11);1H3,(H,3,4). The molecule has 0 aromatic carbocycles. The molecule has 1 aliphatic rings. The highest BCUT2D eigenvalue weighted by Gasteiger charge is 2.25. The summed E-state index contributed by atoms with van der Waals surface area (Å²) in [6, 6.07) is 0. The quantitative estimate of drug-likeness (QED) is 0.471. The fourth-order valence-electron chi connectivity index (χ4n) is 1.39. The van der Waals surface area contributed by atoms with Crippen molar-refractivity contribution in [1.29, 1.82) is 0 Å². The Morgan fingerprint density at radius 3 is 2.13 bits per heavy atom. The average Bonchev–Trinajstić information content (AvgIpc) is 2.17. The predicted molar refractivity (Wildman–Crippen MR) is 54.1 cm³/mol. The molecule has 0 aromatic heterocycles. The Bertz CT molecular complexity index is 210. The van der Waals surface area contributed by atoms with E-state index in [1.54, 1.807) is 0 Å². The summed E-state index contributed by atoms with van der Waals surface area (Å²) >= 11 is 0. The van der Waals surface area contributed by atoms with Gasteiger partial charge in [0, 0.05) is 6.92 Å². The van der Waals surface area contributed by atoms with Gasteiger partial charge in [-0.05, 0) is 31.8 Å². The smallest absolute Gasteiger partial charge is 0.300 e. The van der Waals surface area contributed by atoms with Crippen molar-refractivity contribution in [3.63, 3.8) is 0 Å². The van der Waals surface area contributed by atoms with Crippen molar-refractivity contribution in [3.8, 4) is 0 Å². The third kappa shape index (κ3) is 6.87. The lowest BCUT2D eigenvalue weighted by Crippen LogP contribution is -2.40. The number of piperidine rings is 1. The summed E-state index contributed by atoms with van der Waals surface area (Å²) in [6.07, 6.45) is 0.728. The minimum Gasteiger partial charge on any atom is -0.481 e. The molecule has 0 aliphatic carbocycles. The number of hydrogen-bond donors (Lipinski definition) is 4. The Kier molecular flexibility index (Phi) is 6.64. The normalized spacial score (nSPS) is 18.5. The van der Waals surface area contributed by atoms with Crippen molar-refractivity contribution in [1.82, 2.24) is 5.32 Å². The molecule has 1 fully saturated rings. The first-order valence-electron chi connectivity index (χ1n) is 4.82. The van der Waals surface area contributed by atoms with Crippen LogP contribution in [0.3, 0.4) is 0 Å². The van der Waals surface area contributed by atoms with E-state index in [2.05, 4.69) is 5.32 Å². The zero-order chi connectivity index (χ0) is 11.8. The first kappa shape index (κ1) is 13.9. The number of aliphatic hydroxyl groups is 1. The number of hydrogen-bond acceptors (Lipinski definition) is 4. The van der Waals surface area contributed by atoms with E-state index in [0.717, 1.165) is 32.9 Å². The van der Waals surface area contributed by atoms with Crippen molar-refractivity contribution in [3.05, 3.63) is 0 Å². The number of primary amides is 1. The zero-order valence-electron chi connectivity index (χ0n) is 8.77. The molecule has 0 spiro atoms. The molecule has 0 bridgehead atoms. The molecule has 0 aromatic rings. The van der Waals surface area contributed by atoms with Gasteiger partial charge >= 0.3 is 0 Å². The molecule has 0 radical (unpaired) electrons. The van der Waals surface area contributed by atoms with Crippen molar-refractivity contribution < 1.29 is 19.8 Å². The summed E-state index contributed by atoms with van der Waals surface area (Å²) in [5.74, 6) is -1.37. The molecule has 6 nitrogen and oxygen atoms in total.